The summed E-state index contributed by atoms with van der Waals surface area (Å²) in [4.78, 5) is 24.4. The van der Waals surface area contributed by atoms with E-state index in [9.17, 15) is 9.59 Å². The van der Waals surface area contributed by atoms with Crippen LogP contribution in [0.1, 0.15) is 20.8 Å². The Kier molecular flexibility index (Phi) is 2.40. The zero-order valence-corrected chi connectivity index (χ0v) is 6.71. The van der Waals surface area contributed by atoms with E-state index in [1.165, 1.54) is 12.1 Å². The van der Waals surface area contributed by atoms with Gasteiger partial charge in [0.15, 0.2) is 6.29 Å². The third-order valence-electron chi connectivity index (χ3n) is 1.26. The molecule has 0 fully saturated rings. The third-order valence-corrected chi connectivity index (χ3v) is 1.56. The Balaban J connectivity index is 3.18. The first-order valence-electron chi connectivity index (χ1n) is 3.06. The van der Waals surface area contributed by atoms with Crippen LogP contribution in [0.5, 0.6) is 0 Å². The Morgan fingerprint density at radius 1 is 1.58 bits per heavy atom. The van der Waals surface area contributed by atoms with Crippen molar-refractivity contribution in [2.75, 3.05) is 0 Å². The van der Waals surface area contributed by atoms with Crippen LogP contribution in [0, 0.1) is 0 Å². The molecule has 5 heteroatoms. The zero-order valence-electron chi connectivity index (χ0n) is 5.95. The highest BCUT2D eigenvalue weighted by Gasteiger charge is 2.05. The average molecular weight is 185 g/mol. The van der Waals surface area contributed by atoms with Gasteiger partial charge in [0.1, 0.15) is 10.8 Å². The standard InChI is InChI=1S/C7H5ClN2O2/c8-6-4(3-11)1-2-5(10-6)7(9)12/h1-3H,(H2,9,12). The number of pyridine rings is 1. The minimum atomic E-state index is -0.672. The molecule has 0 aromatic carbocycles. The topological polar surface area (TPSA) is 73.1 Å². The number of rotatable bonds is 2. The molecule has 1 amide bonds. The summed E-state index contributed by atoms with van der Waals surface area (Å²) in [5.41, 5.74) is 5.21. The van der Waals surface area contributed by atoms with Crippen molar-refractivity contribution in [2.24, 2.45) is 5.73 Å². The van der Waals surface area contributed by atoms with Crippen molar-refractivity contribution in [1.82, 2.24) is 4.98 Å². The van der Waals surface area contributed by atoms with Gasteiger partial charge in [-0.15, -0.1) is 0 Å². The summed E-state index contributed by atoms with van der Waals surface area (Å²) >= 11 is 5.52. The summed E-state index contributed by atoms with van der Waals surface area (Å²) in [5.74, 6) is -0.672. The highest BCUT2D eigenvalue weighted by Crippen LogP contribution is 2.10. The first-order chi connectivity index (χ1) is 5.65. The molecule has 0 radical (unpaired) electrons. The number of primary amides is 1. The summed E-state index contributed by atoms with van der Waals surface area (Å²) in [6, 6.07) is 2.74. The van der Waals surface area contributed by atoms with Gasteiger partial charge in [-0.1, -0.05) is 11.6 Å². The molecule has 4 nitrogen and oxygen atoms in total. The summed E-state index contributed by atoms with van der Waals surface area (Å²) < 4.78 is 0. The van der Waals surface area contributed by atoms with Crippen LogP contribution >= 0.6 is 11.6 Å². The lowest BCUT2D eigenvalue weighted by atomic mass is 10.2. The van der Waals surface area contributed by atoms with E-state index >= 15 is 0 Å². The predicted molar refractivity (Wildman–Crippen MR) is 43.2 cm³/mol. The third kappa shape index (κ3) is 1.60. The molecule has 0 spiro atoms. The number of carbonyl (C=O) groups excluding carboxylic acids is 2. The Hall–Kier alpha value is -1.42. The lowest BCUT2D eigenvalue weighted by Gasteiger charge is -1.96. The van der Waals surface area contributed by atoms with Gasteiger partial charge in [-0.05, 0) is 12.1 Å². The number of halogens is 1. The predicted octanol–water partition coefficient (Wildman–Crippen LogP) is 0.646. The molecular formula is C7H5ClN2O2. The van der Waals surface area contributed by atoms with E-state index in [2.05, 4.69) is 4.98 Å². The van der Waals surface area contributed by atoms with Crippen LogP contribution in [0.2, 0.25) is 5.15 Å². The Labute approximate surface area is 73.3 Å². The molecule has 62 valence electrons. The van der Waals surface area contributed by atoms with Gasteiger partial charge in [-0.3, -0.25) is 9.59 Å². The fourth-order valence-corrected chi connectivity index (χ4v) is 0.869. The number of aldehydes is 1. The van der Waals surface area contributed by atoms with Crippen molar-refractivity contribution >= 4 is 23.8 Å². The van der Waals surface area contributed by atoms with E-state index in [1.54, 1.807) is 0 Å². The minimum Gasteiger partial charge on any atom is -0.364 e. The molecule has 0 saturated carbocycles. The Morgan fingerprint density at radius 2 is 2.25 bits per heavy atom. The minimum absolute atomic E-state index is 0.0127. The van der Waals surface area contributed by atoms with Gasteiger partial charge in [0.2, 0.25) is 0 Å². The Morgan fingerprint density at radius 3 is 2.67 bits per heavy atom. The average Bonchev–Trinajstić information content (AvgIpc) is 2.04. The SMILES string of the molecule is NC(=O)c1ccc(C=O)c(Cl)n1. The molecule has 0 bridgehead atoms. The molecule has 1 rings (SSSR count). The van der Waals surface area contributed by atoms with Crippen LogP contribution in [-0.2, 0) is 0 Å². The highest BCUT2D eigenvalue weighted by atomic mass is 35.5. The maximum atomic E-state index is 10.6. The second-order valence-corrected chi connectivity index (χ2v) is 2.42. The molecule has 1 aromatic rings. The van der Waals surface area contributed by atoms with E-state index < -0.39 is 5.91 Å². The fourth-order valence-electron chi connectivity index (χ4n) is 0.670. The molecule has 0 unspecified atom stereocenters. The van der Waals surface area contributed by atoms with Crippen LogP contribution in [0.25, 0.3) is 0 Å². The van der Waals surface area contributed by atoms with Gasteiger partial charge in [0.25, 0.3) is 5.91 Å². The van der Waals surface area contributed by atoms with Crippen molar-refractivity contribution in [2.45, 2.75) is 0 Å². The van der Waals surface area contributed by atoms with Crippen molar-refractivity contribution < 1.29 is 9.59 Å². The second-order valence-electron chi connectivity index (χ2n) is 2.06. The zero-order chi connectivity index (χ0) is 9.14. The van der Waals surface area contributed by atoms with E-state index in [0.717, 1.165) is 0 Å². The summed E-state index contributed by atoms with van der Waals surface area (Å²) in [5, 5.41) is -0.0127. The molecule has 0 saturated heterocycles. The smallest absolute Gasteiger partial charge is 0.267 e. The molecule has 0 aliphatic carbocycles. The van der Waals surface area contributed by atoms with E-state index in [4.69, 9.17) is 17.3 Å². The number of hydrogen-bond donors (Lipinski definition) is 1. The number of carbonyl (C=O) groups is 2. The number of aromatic nitrogens is 1. The first kappa shape index (κ1) is 8.67. The quantitative estimate of drug-likeness (QED) is 0.542. The van der Waals surface area contributed by atoms with Crippen LogP contribution in [0.15, 0.2) is 12.1 Å². The molecule has 2 N–H and O–H groups in total. The first-order valence-corrected chi connectivity index (χ1v) is 3.44. The summed E-state index contributed by atoms with van der Waals surface area (Å²) in [7, 11) is 0. The normalized spacial score (nSPS) is 9.42. The van der Waals surface area contributed by atoms with Gasteiger partial charge >= 0.3 is 0 Å². The monoisotopic (exact) mass is 184 g/mol. The van der Waals surface area contributed by atoms with Crippen molar-refractivity contribution in [3.63, 3.8) is 0 Å². The van der Waals surface area contributed by atoms with Gasteiger partial charge in [-0.2, -0.15) is 0 Å². The second kappa shape index (κ2) is 3.32. The van der Waals surface area contributed by atoms with Crippen LogP contribution in [0.3, 0.4) is 0 Å². The van der Waals surface area contributed by atoms with Crippen LogP contribution < -0.4 is 5.73 Å². The molecule has 0 aliphatic rings. The van der Waals surface area contributed by atoms with Crippen molar-refractivity contribution in [1.29, 1.82) is 0 Å². The molecular weight excluding hydrogens is 180 g/mol. The van der Waals surface area contributed by atoms with E-state index in [1.807, 2.05) is 0 Å². The van der Waals surface area contributed by atoms with Gasteiger partial charge in [-0.25, -0.2) is 4.98 Å². The molecule has 1 heterocycles. The summed E-state index contributed by atoms with van der Waals surface area (Å²) in [6.45, 7) is 0. The fraction of sp³-hybridized carbons (Fsp3) is 0. The molecule has 12 heavy (non-hydrogen) atoms. The van der Waals surface area contributed by atoms with Gasteiger partial charge in [0.05, 0.1) is 5.56 Å². The van der Waals surface area contributed by atoms with E-state index in [0.29, 0.717) is 6.29 Å². The lowest BCUT2D eigenvalue weighted by molar-refractivity contribution is 0.0994. The van der Waals surface area contributed by atoms with Crippen molar-refractivity contribution in [3.8, 4) is 0 Å². The van der Waals surface area contributed by atoms with Gasteiger partial charge < -0.3 is 5.73 Å². The molecule has 1 aromatic heterocycles. The van der Waals surface area contributed by atoms with E-state index in [-0.39, 0.29) is 16.4 Å². The van der Waals surface area contributed by atoms with Crippen LogP contribution in [0.4, 0.5) is 0 Å². The number of nitrogens with zero attached hydrogens (tertiary/aromatic N) is 1. The largest absolute Gasteiger partial charge is 0.364 e. The van der Waals surface area contributed by atoms with Crippen LogP contribution in [-0.4, -0.2) is 17.2 Å². The van der Waals surface area contributed by atoms with Gasteiger partial charge in [0, 0.05) is 0 Å². The lowest BCUT2D eigenvalue weighted by Crippen LogP contribution is -2.13. The summed E-state index contributed by atoms with van der Waals surface area (Å²) in [6.07, 6.45) is 0.556. The highest BCUT2D eigenvalue weighted by molar-refractivity contribution is 6.31. The maximum absolute atomic E-state index is 10.6. The Bertz CT molecular complexity index is 338. The maximum Gasteiger partial charge on any atom is 0.267 e. The molecule has 0 aliphatic heterocycles. The molecule has 0 atom stereocenters. The number of nitrogens with two attached hydrogens (primary N) is 1. The number of hydrogen-bond acceptors (Lipinski definition) is 3. The number of amides is 1. The van der Waals surface area contributed by atoms with Crippen molar-refractivity contribution in [3.05, 3.63) is 28.5 Å².